The number of hydrogen-bond acceptors (Lipinski definition) is 2. The van der Waals surface area contributed by atoms with Gasteiger partial charge in [0.25, 0.3) is 0 Å². The quantitative estimate of drug-likeness (QED) is 0.420. The summed E-state index contributed by atoms with van der Waals surface area (Å²) in [5.74, 6) is 0.288. The maximum absolute atomic E-state index is 8.92. The van der Waals surface area contributed by atoms with Crippen molar-refractivity contribution < 1.29 is 0 Å². The van der Waals surface area contributed by atoms with Crippen LogP contribution in [0.3, 0.4) is 0 Å². The minimum absolute atomic E-state index is 0.0556. The molecule has 1 fully saturated rings. The lowest BCUT2D eigenvalue weighted by Crippen LogP contribution is -2.32. The Kier molecular flexibility index (Phi) is 1.43. The van der Waals surface area contributed by atoms with E-state index < -0.39 is 5.41 Å². The molecular formula is C9H7ClN2. The summed E-state index contributed by atoms with van der Waals surface area (Å²) in [6, 6.07) is 4.13. The van der Waals surface area contributed by atoms with E-state index in [4.69, 9.17) is 22.1 Å². The first kappa shape index (κ1) is 7.65. The highest BCUT2D eigenvalue weighted by Crippen LogP contribution is 2.53. The van der Waals surface area contributed by atoms with Crippen LogP contribution in [0.2, 0.25) is 0 Å². The fourth-order valence-corrected chi connectivity index (χ4v) is 2.58. The molecule has 0 aromatic carbocycles. The van der Waals surface area contributed by atoms with Crippen LogP contribution in [-0.4, -0.2) is 5.38 Å². The van der Waals surface area contributed by atoms with Gasteiger partial charge in [-0.05, 0) is 12.3 Å². The van der Waals surface area contributed by atoms with Crippen molar-refractivity contribution >= 4 is 11.6 Å². The Hall–Kier alpha value is -0.990. The van der Waals surface area contributed by atoms with E-state index in [0.717, 1.165) is 6.42 Å². The predicted octanol–water partition coefficient (Wildman–Crippen LogP) is 1.83. The van der Waals surface area contributed by atoms with Gasteiger partial charge in [0.15, 0.2) is 5.41 Å². The molecule has 60 valence electrons. The zero-order valence-electron chi connectivity index (χ0n) is 6.37. The summed E-state index contributed by atoms with van der Waals surface area (Å²) in [5, 5.41) is 17.5. The van der Waals surface area contributed by atoms with Crippen LogP contribution < -0.4 is 0 Å². The highest BCUT2D eigenvalue weighted by Gasteiger charge is 2.56. The number of fused-ring (bicyclic) bond motifs is 2. The number of rotatable bonds is 0. The second-order valence-corrected chi connectivity index (χ2v) is 3.86. The Balaban J connectivity index is 2.48. The molecular weight excluding hydrogens is 172 g/mol. The van der Waals surface area contributed by atoms with Gasteiger partial charge in [0.05, 0.1) is 17.5 Å². The molecule has 0 heterocycles. The molecule has 0 aromatic rings. The third kappa shape index (κ3) is 0.642. The molecule has 3 unspecified atom stereocenters. The summed E-state index contributed by atoms with van der Waals surface area (Å²) in [6.45, 7) is 0. The van der Waals surface area contributed by atoms with Gasteiger partial charge >= 0.3 is 0 Å². The Morgan fingerprint density at radius 3 is 2.33 bits per heavy atom. The van der Waals surface area contributed by atoms with Gasteiger partial charge in [0.2, 0.25) is 0 Å². The number of allylic oxidation sites excluding steroid dienone is 2. The van der Waals surface area contributed by atoms with Crippen LogP contribution in [0.15, 0.2) is 12.2 Å². The third-order valence-electron chi connectivity index (χ3n) is 2.88. The largest absolute Gasteiger partial charge is 0.196 e. The summed E-state index contributed by atoms with van der Waals surface area (Å²) in [4.78, 5) is 0. The van der Waals surface area contributed by atoms with Gasteiger partial charge in [-0.1, -0.05) is 12.2 Å². The average Bonchev–Trinajstić information content (AvgIpc) is 2.64. The standard InChI is InChI=1S/C9H7ClN2/c10-8-6-1-2-7(3-6)9(8,4-11)5-12/h1-2,6-8H,3H2. The first-order valence-corrected chi connectivity index (χ1v) is 4.33. The summed E-state index contributed by atoms with van der Waals surface area (Å²) in [7, 11) is 0. The number of alkyl halides is 1. The second-order valence-electron chi connectivity index (χ2n) is 3.39. The second kappa shape index (κ2) is 2.25. The molecule has 0 radical (unpaired) electrons. The van der Waals surface area contributed by atoms with Crippen LogP contribution in [0, 0.1) is 39.9 Å². The fraction of sp³-hybridized carbons (Fsp3) is 0.556. The lowest BCUT2D eigenvalue weighted by Gasteiger charge is -2.24. The van der Waals surface area contributed by atoms with Crippen molar-refractivity contribution in [3.05, 3.63) is 12.2 Å². The molecule has 2 aliphatic carbocycles. The number of halogens is 1. The Bertz CT molecular complexity index is 306. The van der Waals surface area contributed by atoms with E-state index in [1.807, 2.05) is 12.2 Å². The van der Waals surface area contributed by atoms with Crippen LogP contribution in [0.1, 0.15) is 6.42 Å². The predicted molar refractivity (Wildman–Crippen MR) is 44.0 cm³/mol. The lowest BCUT2D eigenvalue weighted by molar-refractivity contribution is 0.443. The first-order valence-electron chi connectivity index (χ1n) is 3.89. The first-order chi connectivity index (χ1) is 5.74. The van der Waals surface area contributed by atoms with E-state index in [1.54, 1.807) is 0 Å². The molecule has 3 heteroatoms. The minimum Gasteiger partial charge on any atom is -0.196 e. The van der Waals surface area contributed by atoms with Crippen LogP contribution >= 0.6 is 11.6 Å². The molecule has 12 heavy (non-hydrogen) atoms. The molecule has 0 amide bonds. The minimum atomic E-state index is -0.957. The van der Waals surface area contributed by atoms with Crippen molar-refractivity contribution in [1.82, 2.24) is 0 Å². The topological polar surface area (TPSA) is 47.6 Å². The molecule has 2 nitrogen and oxygen atoms in total. The van der Waals surface area contributed by atoms with Gasteiger partial charge in [-0.15, -0.1) is 11.6 Å². The van der Waals surface area contributed by atoms with Gasteiger partial charge in [-0.3, -0.25) is 0 Å². The van der Waals surface area contributed by atoms with Crippen molar-refractivity contribution in [1.29, 1.82) is 10.5 Å². The molecule has 1 saturated carbocycles. The van der Waals surface area contributed by atoms with E-state index in [1.165, 1.54) is 0 Å². The Labute approximate surface area is 76.0 Å². The summed E-state index contributed by atoms with van der Waals surface area (Å²) in [5.41, 5.74) is -0.957. The van der Waals surface area contributed by atoms with E-state index in [2.05, 4.69) is 12.1 Å². The maximum Gasteiger partial charge on any atom is 0.166 e. The van der Waals surface area contributed by atoms with Crippen molar-refractivity contribution in [2.24, 2.45) is 17.3 Å². The van der Waals surface area contributed by atoms with Gasteiger partial charge in [0.1, 0.15) is 0 Å². The van der Waals surface area contributed by atoms with E-state index in [-0.39, 0.29) is 17.2 Å². The monoisotopic (exact) mass is 178 g/mol. The fourth-order valence-electron chi connectivity index (χ4n) is 2.14. The third-order valence-corrected chi connectivity index (χ3v) is 3.55. The van der Waals surface area contributed by atoms with Crippen molar-refractivity contribution in [2.45, 2.75) is 11.8 Å². The molecule has 0 aliphatic heterocycles. The average molecular weight is 179 g/mol. The lowest BCUT2D eigenvalue weighted by atomic mass is 9.78. The molecule has 0 spiro atoms. The summed E-state index contributed by atoms with van der Waals surface area (Å²) < 4.78 is 0. The van der Waals surface area contributed by atoms with E-state index >= 15 is 0 Å². The van der Waals surface area contributed by atoms with Gasteiger partial charge in [-0.25, -0.2) is 0 Å². The zero-order chi connectivity index (χ0) is 8.77. The zero-order valence-corrected chi connectivity index (χ0v) is 7.12. The van der Waals surface area contributed by atoms with Crippen LogP contribution in [-0.2, 0) is 0 Å². The SMILES string of the molecule is N#CC1(C#N)C2C=CC(C2)C1Cl. The van der Waals surface area contributed by atoms with Crippen molar-refractivity contribution in [3.63, 3.8) is 0 Å². The molecule has 2 rings (SSSR count). The smallest absolute Gasteiger partial charge is 0.166 e. The molecule has 0 N–H and O–H groups in total. The highest BCUT2D eigenvalue weighted by atomic mass is 35.5. The van der Waals surface area contributed by atoms with Gasteiger partial charge in [0, 0.05) is 5.92 Å². The van der Waals surface area contributed by atoms with Crippen molar-refractivity contribution in [2.75, 3.05) is 0 Å². The molecule has 2 aliphatic rings. The summed E-state index contributed by atoms with van der Waals surface area (Å²) >= 11 is 6.04. The maximum atomic E-state index is 8.92. The van der Waals surface area contributed by atoms with Gasteiger partial charge in [-0.2, -0.15) is 10.5 Å². The van der Waals surface area contributed by atoms with E-state index in [9.17, 15) is 0 Å². The number of nitrogens with zero attached hydrogens (tertiary/aromatic N) is 2. The van der Waals surface area contributed by atoms with Crippen LogP contribution in [0.25, 0.3) is 0 Å². The molecule has 2 bridgehead atoms. The number of hydrogen-bond donors (Lipinski definition) is 0. The summed E-state index contributed by atoms with van der Waals surface area (Å²) in [6.07, 6.45) is 4.85. The normalized spacial score (nSPS) is 40.8. The highest BCUT2D eigenvalue weighted by molar-refractivity contribution is 6.22. The van der Waals surface area contributed by atoms with Crippen LogP contribution in [0.4, 0.5) is 0 Å². The Morgan fingerprint density at radius 2 is 2.00 bits per heavy atom. The Morgan fingerprint density at radius 1 is 1.33 bits per heavy atom. The van der Waals surface area contributed by atoms with Gasteiger partial charge < -0.3 is 0 Å². The molecule has 0 saturated heterocycles. The molecule has 3 atom stereocenters. The van der Waals surface area contributed by atoms with Crippen molar-refractivity contribution in [3.8, 4) is 12.1 Å². The number of nitriles is 2. The molecule has 0 aromatic heterocycles. The van der Waals surface area contributed by atoms with E-state index in [0.29, 0.717) is 0 Å². The van der Waals surface area contributed by atoms with Crippen LogP contribution in [0.5, 0.6) is 0 Å².